The highest BCUT2D eigenvalue weighted by molar-refractivity contribution is 6.30. The van der Waals surface area contributed by atoms with Crippen LogP contribution in [0.4, 0.5) is 5.69 Å². The number of anilines is 1. The van der Waals surface area contributed by atoms with E-state index >= 15 is 0 Å². The van der Waals surface area contributed by atoms with Gasteiger partial charge in [0.05, 0.1) is 24.5 Å². The molecule has 174 valence electrons. The molecular weight excluding hydrogens is 430 g/mol. The van der Waals surface area contributed by atoms with Gasteiger partial charge in [0.15, 0.2) is 0 Å². The zero-order chi connectivity index (χ0) is 23.6. The van der Waals surface area contributed by atoms with Crippen molar-refractivity contribution in [1.82, 2.24) is 10.2 Å². The summed E-state index contributed by atoms with van der Waals surface area (Å²) in [5.41, 5.74) is 0.565. The minimum absolute atomic E-state index is 0.141. The molecule has 0 radical (unpaired) electrons. The monoisotopic (exact) mass is 461 g/mol. The van der Waals surface area contributed by atoms with Crippen LogP contribution in [0.3, 0.4) is 0 Å². The van der Waals surface area contributed by atoms with E-state index in [0.29, 0.717) is 17.1 Å². The first-order valence-electron chi connectivity index (χ1n) is 11.1. The van der Waals surface area contributed by atoms with Gasteiger partial charge in [-0.2, -0.15) is 0 Å². The maximum absolute atomic E-state index is 13.7. The van der Waals surface area contributed by atoms with Crippen LogP contribution in [-0.4, -0.2) is 53.5 Å². The number of aliphatic hydroxyl groups excluding tert-OH is 1. The first kappa shape index (κ1) is 24.3. The van der Waals surface area contributed by atoms with Gasteiger partial charge in [0.2, 0.25) is 17.7 Å². The van der Waals surface area contributed by atoms with Gasteiger partial charge in [-0.3, -0.25) is 14.4 Å². The van der Waals surface area contributed by atoms with Gasteiger partial charge in [0, 0.05) is 23.7 Å². The first-order chi connectivity index (χ1) is 15.2. The molecule has 3 N–H and O–H groups in total. The Labute approximate surface area is 194 Å². The lowest BCUT2D eigenvalue weighted by atomic mass is 9.70. The highest BCUT2D eigenvalue weighted by Crippen LogP contribution is 2.45. The van der Waals surface area contributed by atoms with Gasteiger partial charge >= 0.3 is 0 Å². The van der Waals surface area contributed by atoms with Gasteiger partial charge in [-0.15, -0.1) is 0 Å². The lowest BCUT2D eigenvalue weighted by molar-refractivity contribution is -0.142. The maximum Gasteiger partial charge on any atom is 0.247 e. The molecule has 6 atom stereocenters. The van der Waals surface area contributed by atoms with Crippen molar-refractivity contribution >= 4 is 35.0 Å². The Balaban J connectivity index is 2.02. The van der Waals surface area contributed by atoms with E-state index in [1.165, 1.54) is 4.90 Å². The summed E-state index contributed by atoms with van der Waals surface area (Å²) in [7, 11) is 1.56. The van der Waals surface area contributed by atoms with Gasteiger partial charge in [0.1, 0.15) is 6.04 Å². The molecule has 8 heteroatoms. The zero-order valence-corrected chi connectivity index (χ0v) is 19.7. The topological polar surface area (TPSA) is 98.7 Å². The van der Waals surface area contributed by atoms with Crippen molar-refractivity contribution in [3.05, 3.63) is 41.4 Å². The molecule has 1 aromatic rings. The molecule has 1 heterocycles. The Hall–Kier alpha value is -2.38. The van der Waals surface area contributed by atoms with Crippen molar-refractivity contribution in [2.45, 2.75) is 39.3 Å². The number of allylic oxidation sites excluding steroid dienone is 1. The summed E-state index contributed by atoms with van der Waals surface area (Å²) in [6.45, 7) is 5.67. The van der Waals surface area contributed by atoms with Crippen molar-refractivity contribution < 1.29 is 19.5 Å². The smallest absolute Gasteiger partial charge is 0.247 e. The van der Waals surface area contributed by atoms with E-state index in [4.69, 9.17) is 11.6 Å². The Morgan fingerprint density at radius 2 is 1.81 bits per heavy atom. The number of halogens is 1. The van der Waals surface area contributed by atoms with Crippen LogP contribution in [0.15, 0.2) is 36.4 Å². The molecule has 7 nitrogen and oxygen atoms in total. The van der Waals surface area contributed by atoms with Gasteiger partial charge < -0.3 is 20.6 Å². The fourth-order valence-corrected chi connectivity index (χ4v) is 5.20. The van der Waals surface area contributed by atoms with E-state index in [0.717, 1.165) is 0 Å². The molecule has 1 fully saturated rings. The summed E-state index contributed by atoms with van der Waals surface area (Å²) in [5, 5.41) is 16.3. The predicted octanol–water partition coefficient (Wildman–Crippen LogP) is 2.70. The summed E-state index contributed by atoms with van der Waals surface area (Å²) in [6, 6.07) is 5.41. The number of rotatable bonds is 7. The number of fused-ring (bicyclic) bond motifs is 1. The largest absolute Gasteiger partial charge is 0.394 e. The number of carbonyl (C=O) groups is 3. The van der Waals surface area contributed by atoms with Crippen molar-refractivity contribution in [3.63, 3.8) is 0 Å². The van der Waals surface area contributed by atoms with Crippen LogP contribution in [0, 0.1) is 29.6 Å². The number of carbonyl (C=O) groups excluding carboxylic acids is 3. The predicted molar refractivity (Wildman–Crippen MR) is 124 cm³/mol. The summed E-state index contributed by atoms with van der Waals surface area (Å²) < 4.78 is 0. The molecule has 3 rings (SSSR count). The molecule has 3 amide bonds. The molecule has 0 aromatic heterocycles. The van der Waals surface area contributed by atoms with Crippen molar-refractivity contribution in [3.8, 4) is 0 Å². The van der Waals surface area contributed by atoms with Crippen molar-refractivity contribution in [1.29, 1.82) is 0 Å². The third-order valence-corrected chi connectivity index (χ3v) is 6.74. The van der Waals surface area contributed by atoms with Crippen LogP contribution in [-0.2, 0) is 14.4 Å². The average Bonchev–Trinajstić information content (AvgIpc) is 3.05. The van der Waals surface area contributed by atoms with E-state index in [1.807, 2.05) is 32.9 Å². The number of likely N-dealkylation sites (tertiary alicyclic amines) is 1. The third-order valence-electron chi connectivity index (χ3n) is 6.49. The summed E-state index contributed by atoms with van der Waals surface area (Å²) >= 11 is 5.95. The van der Waals surface area contributed by atoms with Crippen LogP contribution in [0.25, 0.3) is 0 Å². The molecule has 32 heavy (non-hydrogen) atoms. The number of amides is 3. The summed E-state index contributed by atoms with van der Waals surface area (Å²) in [5.74, 6) is -2.43. The Morgan fingerprint density at radius 1 is 1.16 bits per heavy atom. The van der Waals surface area contributed by atoms with E-state index in [9.17, 15) is 19.5 Å². The molecule has 1 aliphatic carbocycles. The lowest BCUT2D eigenvalue weighted by Crippen LogP contribution is -2.51. The molecule has 0 spiro atoms. The quantitative estimate of drug-likeness (QED) is 0.543. The average molecular weight is 462 g/mol. The van der Waals surface area contributed by atoms with Gasteiger partial charge in [-0.1, -0.05) is 44.5 Å². The van der Waals surface area contributed by atoms with E-state index < -0.39 is 29.8 Å². The Kier molecular flexibility index (Phi) is 7.62. The molecule has 0 saturated carbocycles. The molecular formula is C24H32ClN3O4. The number of nitrogens with zero attached hydrogens (tertiary/aromatic N) is 1. The van der Waals surface area contributed by atoms with Crippen molar-refractivity contribution in [2.24, 2.45) is 29.6 Å². The fourth-order valence-electron chi connectivity index (χ4n) is 5.07. The zero-order valence-electron chi connectivity index (χ0n) is 18.9. The minimum Gasteiger partial charge on any atom is -0.394 e. The number of nitrogens with one attached hydrogen (secondary N) is 2. The first-order valence-corrected chi connectivity index (χ1v) is 11.5. The standard InChI is InChI=1S/C24H32ClN3O4/c1-13(2)11-17(12-29)28-21(23(31)27-16-8-6-15(25)7-9-16)18-10-5-14(3)19(22(30)26-4)20(18)24(28)32/h5-10,13-14,17-21,29H,11-12H2,1-4H3,(H,26,30)(H,27,31)/t14-,17-,18+,19-,20-,21+/m1/s1. The van der Waals surface area contributed by atoms with Gasteiger partial charge in [0.25, 0.3) is 0 Å². The molecule has 0 bridgehead atoms. The second kappa shape index (κ2) is 10.0. The number of benzene rings is 1. The van der Waals surface area contributed by atoms with E-state index in [1.54, 1.807) is 31.3 Å². The van der Waals surface area contributed by atoms with E-state index in [2.05, 4.69) is 10.6 Å². The maximum atomic E-state index is 13.7. The van der Waals surface area contributed by atoms with Crippen molar-refractivity contribution in [2.75, 3.05) is 19.0 Å². The minimum atomic E-state index is -0.824. The van der Waals surface area contributed by atoms with E-state index in [-0.39, 0.29) is 36.2 Å². The normalized spacial score (nSPS) is 27.9. The second-order valence-electron chi connectivity index (χ2n) is 9.14. The SMILES string of the molecule is CNC(=O)[C@H]1[C@@H]2C(=O)N([C@@H](CO)CC(C)C)[C@H](C(=O)Nc3ccc(Cl)cc3)[C@H]2C=C[C@H]1C. The van der Waals surface area contributed by atoms with Crippen LogP contribution >= 0.6 is 11.6 Å². The second-order valence-corrected chi connectivity index (χ2v) is 9.58. The van der Waals surface area contributed by atoms with Gasteiger partial charge in [-0.05, 0) is 42.5 Å². The number of aliphatic hydroxyl groups is 1. The number of hydrogen-bond acceptors (Lipinski definition) is 4. The van der Waals surface area contributed by atoms with Gasteiger partial charge in [-0.25, -0.2) is 0 Å². The third kappa shape index (κ3) is 4.69. The van der Waals surface area contributed by atoms with Crippen LogP contribution < -0.4 is 10.6 Å². The van der Waals surface area contributed by atoms with Crippen LogP contribution in [0.2, 0.25) is 5.02 Å². The molecule has 1 aromatic carbocycles. The van der Waals surface area contributed by atoms with Crippen LogP contribution in [0.1, 0.15) is 27.2 Å². The molecule has 1 aliphatic heterocycles. The Morgan fingerprint density at radius 3 is 2.38 bits per heavy atom. The lowest BCUT2D eigenvalue weighted by Gasteiger charge is -2.34. The molecule has 0 unspecified atom stereocenters. The Bertz CT molecular complexity index is 886. The highest BCUT2D eigenvalue weighted by atomic mass is 35.5. The molecule has 2 aliphatic rings. The fraction of sp³-hybridized carbons (Fsp3) is 0.542. The number of hydrogen-bond donors (Lipinski definition) is 3. The van der Waals surface area contributed by atoms with Crippen LogP contribution in [0.5, 0.6) is 0 Å². The molecule has 1 saturated heterocycles. The summed E-state index contributed by atoms with van der Waals surface area (Å²) in [6.07, 6.45) is 4.36. The highest BCUT2D eigenvalue weighted by Gasteiger charge is 2.57. The summed E-state index contributed by atoms with van der Waals surface area (Å²) in [4.78, 5) is 41.4.